The fourth-order valence-corrected chi connectivity index (χ4v) is 2.22. The summed E-state index contributed by atoms with van der Waals surface area (Å²) in [6.45, 7) is 0. The van der Waals surface area contributed by atoms with E-state index in [4.69, 9.17) is 0 Å². The first kappa shape index (κ1) is 14.4. The van der Waals surface area contributed by atoms with Crippen LogP contribution < -0.4 is 5.56 Å². The van der Waals surface area contributed by atoms with E-state index in [0.29, 0.717) is 11.3 Å². The predicted molar refractivity (Wildman–Crippen MR) is 83.9 cm³/mol. The van der Waals surface area contributed by atoms with E-state index in [9.17, 15) is 19.8 Å². The third kappa shape index (κ3) is 2.53. The maximum atomic E-state index is 12.3. The van der Waals surface area contributed by atoms with Gasteiger partial charge in [0.05, 0.1) is 16.3 Å². The van der Waals surface area contributed by atoms with Crippen molar-refractivity contribution < 1.29 is 4.92 Å². The third-order valence-corrected chi connectivity index (χ3v) is 3.34. The Morgan fingerprint density at radius 2 is 1.70 bits per heavy atom. The maximum absolute atomic E-state index is 12.3. The molecule has 8 heteroatoms. The SMILES string of the molecule is O=Nc1c(-c2ccc([N+](=O)[O-])cc2)[nH]n(-c2ccccc2)c1=O. The third-order valence-electron chi connectivity index (χ3n) is 3.34. The number of H-pyrrole nitrogens is 1. The molecule has 0 aliphatic rings. The number of benzene rings is 2. The summed E-state index contributed by atoms with van der Waals surface area (Å²) < 4.78 is 1.20. The maximum Gasteiger partial charge on any atom is 0.301 e. The standard InChI is InChI=1S/C15H10N4O4/c20-15-14(17-21)13(10-6-8-12(9-7-10)19(22)23)16-18(15)11-4-2-1-3-5-11/h1-9,16H. The Bertz CT molecular complexity index is 926. The molecule has 23 heavy (non-hydrogen) atoms. The van der Waals surface area contributed by atoms with Gasteiger partial charge in [-0.05, 0) is 29.4 Å². The molecule has 0 unspecified atom stereocenters. The molecular formula is C15H10N4O4. The van der Waals surface area contributed by atoms with Gasteiger partial charge in [0.2, 0.25) is 0 Å². The van der Waals surface area contributed by atoms with E-state index in [-0.39, 0.29) is 17.1 Å². The summed E-state index contributed by atoms with van der Waals surface area (Å²) in [5.41, 5.74) is 0.276. The van der Waals surface area contributed by atoms with Crippen molar-refractivity contribution in [3.8, 4) is 16.9 Å². The molecule has 1 N–H and O–H groups in total. The Balaban J connectivity index is 2.15. The smallest absolute Gasteiger partial charge is 0.288 e. The van der Waals surface area contributed by atoms with Crippen molar-refractivity contribution in [1.82, 2.24) is 9.78 Å². The Hall–Kier alpha value is -3.55. The van der Waals surface area contributed by atoms with Crippen LogP contribution in [0.2, 0.25) is 0 Å². The quantitative estimate of drug-likeness (QED) is 0.453. The van der Waals surface area contributed by atoms with E-state index < -0.39 is 10.5 Å². The molecule has 1 aromatic heterocycles. The summed E-state index contributed by atoms with van der Waals surface area (Å²) in [5.74, 6) is 0. The number of nitrogens with one attached hydrogen (secondary N) is 1. The first-order valence-corrected chi connectivity index (χ1v) is 6.60. The van der Waals surface area contributed by atoms with Crippen LogP contribution in [0.4, 0.5) is 11.4 Å². The molecule has 0 saturated carbocycles. The van der Waals surface area contributed by atoms with E-state index in [1.165, 1.54) is 28.9 Å². The molecule has 114 valence electrons. The van der Waals surface area contributed by atoms with Gasteiger partial charge in [-0.1, -0.05) is 18.2 Å². The number of nitrogens with zero attached hydrogens (tertiary/aromatic N) is 3. The molecule has 0 saturated heterocycles. The molecule has 1 heterocycles. The van der Waals surface area contributed by atoms with Gasteiger partial charge in [0.1, 0.15) is 0 Å². The Morgan fingerprint density at radius 3 is 2.26 bits per heavy atom. The van der Waals surface area contributed by atoms with Crippen LogP contribution >= 0.6 is 0 Å². The van der Waals surface area contributed by atoms with Crippen LogP contribution in [0.25, 0.3) is 16.9 Å². The lowest BCUT2D eigenvalue weighted by Gasteiger charge is -2.01. The highest BCUT2D eigenvalue weighted by Crippen LogP contribution is 2.27. The molecule has 0 aliphatic carbocycles. The molecular weight excluding hydrogens is 300 g/mol. The topological polar surface area (TPSA) is 110 Å². The van der Waals surface area contributed by atoms with Crippen LogP contribution in [0.15, 0.2) is 64.6 Å². The molecule has 0 spiro atoms. The lowest BCUT2D eigenvalue weighted by atomic mass is 10.1. The highest BCUT2D eigenvalue weighted by molar-refractivity contribution is 5.72. The van der Waals surface area contributed by atoms with Gasteiger partial charge in [0, 0.05) is 17.7 Å². The van der Waals surface area contributed by atoms with Crippen molar-refractivity contribution in [3.05, 3.63) is 80.0 Å². The van der Waals surface area contributed by atoms with E-state index in [2.05, 4.69) is 10.3 Å². The lowest BCUT2D eigenvalue weighted by molar-refractivity contribution is -0.384. The number of hydrogen-bond donors (Lipinski definition) is 1. The fourth-order valence-electron chi connectivity index (χ4n) is 2.22. The van der Waals surface area contributed by atoms with Crippen molar-refractivity contribution >= 4 is 11.4 Å². The van der Waals surface area contributed by atoms with Gasteiger partial charge >= 0.3 is 5.56 Å². The normalized spacial score (nSPS) is 10.4. The minimum atomic E-state index is -0.584. The summed E-state index contributed by atoms with van der Waals surface area (Å²) in [4.78, 5) is 33.5. The number of non-ortho nitro benzene ring substituents is 1. The summed E-state index contributed by atoms with van der Waals surface area (Å²) in [7, 11) is 0. The summed E-state index contributed by atoms with van der Waals surface area (Å²) in [6.07, 6.45) is 0. The molecule has 8 nitrogen and oxygen atoms in total. The number of rotatable bonds is 4. The number of aromatic nitrogens is 2. The van der Waals surface area contributed by atoms with Gasteiger partial charge in [-0.2, -0.15) is 0 Å². The number of hydrogen-bond acceptors (Lipinski definition) is 5. The Morgan fingerprint density at radius 1 is 1.04 bits per heavy atom. The van der Waals surface area contributed by atoms with Gasteiger partial charge < -0.3 is 0 Å². The van der Waals surface area contributed by atoms with Crippen LogP contribution in [0.3, 0.4) is 0 Å². The minimum absolute atomic E-state index is 0.0841. The lowest BCUT2D eigenvalue weighted by Crippen LogP contribution is -2.13. The number of nitro benzene ring substituents is 1. The average molecular weight is 310 g/mol. The minimum Gasteiger partial charge on any atom is -0.288 e. The summed E-state index contributed by atoms with van der Waals surface area (Å²) in [5, 5.41) is 16.3. The molecule has 0 fully saturated rings. The number of nitroso groups, excluding NO2 is 1. The van der Waals surface area contributed by atoms with E-state index in [1.54, 1.807) is 30.3 Å². The first-order chi connectivity index (χ1) is 11.1. The molecule has 0 amide bonds. The highest BCUT2D eigenvalue weighted by atomic mass is 16.6. The highest BCUT2D eigenvalue weighted by Gasteiger charge is 2.18. The summed E-state index contributed by atoms with van der Waals surface area (Å²) in [6, 6.07) is 14.2. The second-order valence-corrected chi connectivity index (χ2v) is 4.71. The first-order valence-electron chi connectivity index (χ1n) is 6.60. The zero-order chi connectivity index (χ0) is 16.4. The zero-order valence-corrected chi connectivity index (χ0v) is 11.7. The molecule has 0 atom stereocenters. The average Bonchev–Trinajstić information content (AvgIpc) is 2.92. The Kier molecular flexibility index (Phi) is 3.55. The van der Waals surface area contributed by atoms with Crippen molar-refractivity contribution in [2.24, 2.45) is 5.18 Å². The second-order valence-electron chi connectivity index (χ2n) is 4.71. The predicted octanol–water partition coefficient (Wildman–Crippen LogP) is 3.14. The molecule has 2 aromatic carbocycles. The van der Waals surface area contributed by atoms with Crippen molar-refractivity contribution in [2.75, 3.05) is 0 Å². The number of aromatic amines is 1. The number of nitro groups is 1. The number of para-hydroxylation sites is 1. The second kappa shape index (κ2) is 5.68. The van der Waals surface area contributed by atoms with E-state index >= 15 is 0 Å². The van der Waals surface area contributed by atoms with Crippen LogP contribution in [0.1, 0.15) is 0 Å². The van der Waals surface area contributed by atoms with Crippen molar-refractivity contribution in [1.29, 1.82) is 0 Å². The van der Waals surface area contributed by atoms with Crippen molar-refractivity contribution in [3.63, 3.8) is 0 Å². The van der Waals surface area contributed by atoms with Gasteiger partial charge in [0.15, 0.2) is 5.69 Å². The molecule has 3 aromatic rings. The van der Waals surface area contributed by atoms with E-state index in [0.717, 1.165) is 0 Å². The van der Waals surface area contributed by atoms with Gasteiger partial charge in [-0.25, -0.2) is 4.68 Å². The molecule has 0 radical (unpaired) electrons. The fraction of sp³-hybridized carbons (Fsp3) is 0. The zero-order valence-electron chi connectivity index (χ0n) is 11.7. The van der Waals surface area contributed by atoms with Crippen molar-refractivity contribution in [2.45, 2.75) is 0 Å². The summed E-state index contributed by atoms with van der Waals surface area (Å²) >= 11 is 0. The van der Waals surface area contributed by atoms with Crippen LogP contribution in [0.5, 0.6) is 0 Å². The monoisotopic (exact) mass is 310 g/mol. The largest absolute Gasteiger partial charge is 0.301 e. The molecule has 0 aliphatic heterocycles. The molecule has 0 bridgehead atoms. The Labute approximate surface area is 129 Å². The van der Waals surface area contributed by atoms with Crippen LogP contribution in [-0.4, -0.2) is 14.7 Å². The van der Waals surface area contributed by atoms with Gasteiger partial charge in [-0.3, -0.25) is 20.0 Å². The van der Waals surface area contributed by atoms with Crippen LogP contribution in [0, 0.1) is 15.0 Å². The van der Waals surface area contributed by atoms with Crippen LogP contribution in [-0.2, 0) is 0 Å². The van der Waals surface area contributed by atoms with Gasteiger partial charge in [-0.15, -0.1) is 4.91 Å². The van der Waals surface area contributed by atoms with Gasteiger partial charge in [0.25, 0.3) is 5.69 Å². The van der Waals surface area contributed by atoms with E-state index in [1.807, 2.05) is 0 Å². The molecule has 3 rings (SSSR count).